The summed E-state index contributed by atoms with van der Waals surface area (Å²) in [7, 11) is 1.65. The van der Waals surface area contributed by atoms with Gasteiger partial charge in [0.25, 0.3) is 0 Å². The molecule has 1 aromatic heterocycles. The Balaban J connectivity index is 2.69. The minimum atomic E-state index is -0.211. The van der Waals surface area contributed by atoms with Gasteiger partial charge in [0.2, 0.25) is 0 Å². The number of aromatic nitrogens is 2. The molecule has 0 amide bonds. The van der Waals surface area contributed by atoms with Crippen LogP contribution in [0.5, 0.6) is 0 Å². The molecule has 1 aromatic rings. The van der Waals surface area contributed by atoms with E-state index in [9.17, 15) is 0 Å². The maximum absolute atomic E-state index is 8.55. The number of rotatable bonds is 4. The van der Waals surface area contributed by atoms with Crippen molar-refractivity contribution in [2.24, 2.45) is 0 Å². The van der Waals surface area contributed by atoms with Gasteiger partial charge >= 0.3 is 0 Å². The van der Waals surface area contributed by atoms with Gasteiger partial charge in [0.05, 0.1) is 24.5 Å². The van der Waals surface area contributed by atoms with Crippen LogP contribution in [0, 0.1) is 11.3 Å². The van der Waals surface area contributed by atoms with Crippen LogP contribution in [0.1, 0.15) is 19.5 Å². The second-order valence-corrected chi connectivity index (χ2v) is 3.84. The van der Waals surface area contributed by atoms with Gasteiger partial charge in [0.1, 0.15) is 11.9 Å². The first-order chi connectivity index (χ1) is 7.07. The molecule has 0 unspecified atom stereocenters. The molecule has 1 rings (SSSR count). The summed E-state index contributed by atoms with van der Waals surface area (Å²) < 4.78 is 5.06. The smallest absolute Gasteiger partial charge is 0.158 e. The highest BCUT2D eigenvalue weighted by Crippen LogP contribution is 2.11. The second-order valence-electron chi connectivity index (χ2n) is 3.84. The molecule has 0 aliphatic carbocycles. The highest BCUT2D eigenvalue weighted by Gasteiger charge is 2.17. The summed E-state index contributed by atoms with van der Waals surface area (Å²) in [6.45, 7) is 4.56. The van der Waals surface area contributed by atoms with Gasteiger partial charge in [0.15, 0.2) is 5.69 Å². The molecule has 0 aromatic carbocycles. The summed E-state index contributed by atoms with van der Waals surface area (Å²) in [5.74, 6) is 0.635. The molecule has 1 heterocycles. The standard InChI is InChI=1S/C10H14N4O/c1-10(2,7-15-3)14-9-6-12-8(4-11)5-13-9/h5-6H,7H2,1-3H3,(H,13,14). The van der Waals surface area contributed by atoms with Crippen molar-refractivity contribution in [1.29, 1.82) is 5.26 Å². The molecule has 5 heteroatoms. The Hall–Kier alpha value is -1.67. The van der Waals surface area contributed by atoms with Crippen molar-refractivity contribution in [2.45, 2.75) is 19.4 Å². The molecule has 0 bridgehead atoms. The fourth-order valence-corrected chi connectivity index (χ4v) is 1.19. The van der Waals surface area contributed by atoms with E-state index in [-0.39, 0.29) is 5.54 Å². The van der Waals surface area contributed by atoms with E-state index in [1.54, 1.807) is 7.11 Å². The highest BCUT2D eigenvalue weighted by molar-refractivity contribution is 5.35. The third kappa shape index (κ3) is 3.52. The lowest BCUT2D eigenvalue weighted by Crippen LogP contribution is -2.36. The van der Waals surface area contributed by atoms with E-state index in [1.165, 1.54) is 12.4 Å². The molecule has 0 aliphatic rings. The number of nitriles is 1. The summed E-state index contributed by atoms with van der Waals surface area (Å²) in [6.07, 6.45) is 2.97. The van der Waals surface area contributed by atoms with Gasteiger partial charge < -0.3 is 10.1 Å². The molecule has 0 saturated heterocycles. The zero-order valence-electron chi connectivity index (χ0n) is 9.11. The van der Waals surface area contributed by atoms with Crippen molar-refractivity contribution in [1.82, 2.24) is 9.97 Å². The number of ether oxygens (including phenoxy) is 1. The van der Waals surface area contributed by atoms with E-state index >= 15 is 0 Å². The number of nitrogens with one attached hydrogen (secondary N) is 1. The van der Waals surface area contributed by atoms with Crippen LogP contribution in [0.4, 0.5) is 5.82 Å². The second kappa shape index (κ2) is 4.71. The highest BCUT2D eigenvalue weighted by atomic mass is 16.5. The van der Waals surface area contributed by atoms with Crippen molar-refractivity contribution >= 4 is 5.82 Å². The maximum atomic E-state index is 8.55. The average Bonchev–Trinajstić information content (AvgIpc) is 2.18. The minimum absolute atomic E-state index is 0.211. The Kier molecular flexibility index (Phi) is 3.58. The Morgan fingerprint density at radius 2 is 2.20 bits per heavy atom. The predicted octanol–water partition coefficient (Wildman–Crippen LogP) is 1.19. The van der Waals surface area contributed by atoms with Crippen LogP contribution in [0.15, 0.2) is 12.4 Å². The molecule has 0 atom stereocenters. The Morgan fingerprint density at radius 1 is 1.47 bits per heavy atom. The monoisotopic (exact) mass is 206 g/mol. The van der Waals surface area contributed by atoms with E-state index < -0.39 is 0 Å². The third-order valence-corrected chi connectivity index (χ3v) is 1.74. The lowest BCUT2D eigenvalue weighted by Gasteiger charge is -2.25. The third-order valence-electron chi connectivity index (χ3n) is 1.74. The summed E-state index contributed by atoms with van der Waals surface area (Å²) in [5.41, 5.74) is 0.0996. The van der Waals surface area contributed by atoms with Gasteiger partial charge in [-0.15, -0.1) is 0 Å². The number of nitrogens with zero attached hydrogens (tertiary/aromatic N) is 3. The van der Waals surface area contributed by atoms with Gasteiger partial charge in [-0.1, -0.05) is 0 Å². The van der Waals surface area contributed by atoms with Gasteiger partial charge in [-0.25, -0.2) is 9.97 Å². The number of hydrogen-bond acceptors (Lipinski definition) is 5. The lowest BCUT2D eigenvalue weighted by molar-refractivity contribution is 0.158. The van der Waals surface area contributed by atoms with E-state index in [1.807, 2.05) is 19.9 Å². The minimum Gasteiger partial charge on any atom is -0.382 e. The zero-order chi connectivity index (χ0) is 11.3. The van der Waals surface area contributed by atoms with Crippen LogP contribution in [0.2, 0.25) is 0 Å². The fourth-order valence-electron chi connectivity index (χ4n) is 1.19. The summed E-state index contributed by atoms with van der Waals surface area (Å²) >= 11 is 0. The SMILES string of the molecule is COCC(C)(C)Nc1cnc(C#N)cn1. The van der Waals surface area contributed by atoms with Crippen LogP contribution in [0.25, 0.3) is 0 Å². The van der Waals surface area contributed by atoms with Crippen LogP contribution >= 0.6 is 0 Å². The number of anilines is 1. The van der Waals surface area contributed by atoms with Crippen LogP contribution in [0.3, 0.4) is 0 Å². The topological polar surface area (TPSA) is 70.8 Å². The van der Waals surface area contributed by atoms with Crippen LogP contribution < -0.4 is 5.32 Å². The van der Waals surface area contributed by atoms with Gasteiger partial charge in [-0.2, -0.15) is 5.26 Å². The van der Waals surface area contributed by atoms with Gasteiger partial charge in [0, 0.05) is 7.11 Å². The normalized spacial score (nSPS) is 10.8. The molecule has 80 valence electrons. The van der Waals surface area contributed by atoms with E-state index in [2.05, 4.69) is 15.3 Å². The quantitative estimate of drug-likeness (QED) is 0.801. The summed E-state index contributed by atoms with van der Waals surface area (Å²) in [5, 5.41) is 11.7. The molecule has 0 radical (unpaired) electrons. The van der Waals surface area contributed by atoms with Crippen molar-refractivity contribution in [3.63, 3.8) is 0 Å². The Labute approximate surface area is 89.1 Å². The molecule has 1 N–H and O–H groups in total. The lowest BCUT2D eigenvalue weighted by atomic mass is 10.1. The average molecular weight is 206 g/mol. The Morgan fingerprint density at radius 3 is 2.67 bits per heavy atom. The first-order valence-electron chi connectivity index (χ1n) is 4.57. The summed E-state index contributed by atoms with van der Waals surface area (Å²) in [6, 6.07) is 1.92. The molecule has 15 heavy (non-hydrogen) atoms. The van der Waals surface area contributed by atoms with E-state index in [4.69, 9.17) is 10.00 Å². The number of hydrogen-bond donors (Lipinski definition) is 1. The molecule has 5 nitrogen and oxygen atoms in total. The largest absolute Gasteiger partial charge is 0.382 e. The molecule has 0 aliphatic heterocycles. The van der Waals surface area contributed by atoms with Crippen molar-refractivity contribution in [3.8, 4) is 6.07 Å². The van der Waals surface area contributed by atoms with E-state index in [0.717, 1.165) is 0 Å². The first-order valence-corrected chi connectivity index (χ1v) is 4.57. The van der Waals surface area contributed by atoms with Crippen LogP contribution in [-0.2, 0) is 4.74 Å². The first kappa shape index (κ1) is 11.4. The van der Waals surface area contributed by atoms with Crippen molar-refractivity contribution in [2.75, 3.05) is 19.0 Å². The zero-order valence-corrected chi connectivity index (χ0v) is 9.11. The summed E-state index contributed by atoms with van der Waals surface area (Å²) in [4.78, 5) is 7.98. The fraction of sp³-hybridized carbons (Fsp3) is 0.500. The molecular formula is C10H14N4O. The number of methoxy groups -OCH3 is 1. The van der Waals surface area contributed by atoms with Crippen molar-refractivity contribution < 1.29 is 4.74 Å². The molecule has 0 saturated carbocycles. The van der Waals surface area contributed by atoms with E-state index in [0.29, 0.717) is 18.1 Å². The Bertz CT molecular complexity index is 353. The van der Waals surface area contributed by atoms with Crippen LogP contribution in [-0.4, -0.2) is 29.2 Å². The van der Waals surface area contributed by atoms with Gasteiger partial charge in [-0.05, 0) is 13.8 Å². The van der Waals surface area contributed by atoms with Crippen molar-refractivity contribution in [3.05, 3.63) is 18.1 Å². The predicted molar refractivity (Wildman–Crippen MR) is 56.3 cm³/mol. The molecular weight excluding hydrogens is 192 g/mol. The van der Waals surface area contributed by atoms with Gasteiger partial charge in [-0.3, -0.25) is 0 Å². The molecule has 0 fully saturated rings. The maximum Gasteiger partial charge on any atom is 0.158 e. The molecule has 0 spiro atoms.